The van der Waals surface area contributed by atoms with Crippen LogP contribution in [0, 0.1) is 0 Å². The van der Waals surface area contributed by atoms with Crippen molar-refractivity contribution in [2.24, 2.45) is 0 Å². The molecule has 0 heterocycles. The van der Waals surface area contributed by atoms with Crippen LogP contribution in [0.5, 0.6) is 34.5 Å². The average Bonchev–Trinajstić information content (AvgIpc) is 2.79. The van der Waals surface area contributed by atoms with Crippen LogP contribution in [0.1, 0.15) is 49.7 Å². The lowest BCUT2D eigenvalue weighted by Gasteiger charge is -2.25. The maximum Gasteiger partial charge on any atom is 0.203 e. The van der Waals surface area contributed by atoms with Gasteiger partial charge in [-0.2, -0.15) is 0 Å². The highest BCUT2D eigenvalue weighted by atomic mass is 16.5. The van der Waals surface area contributed by atoms with Crippen molar-refractivity contribution in [1.82, 2.24) is 0 Å². The lowest BCUT2D eigenvalue weighted by atomic mass is 9.85. The second kappa shape index (κ2) is 11.4. The summed E-state index contributed by atoms with van der Waals surface area (Å²) >= 11 is 0. The predicted octanol–water partition coefficient (Wildman–Crippen LogP) is 5.45. The molecule has 30 heavy (non-hydrogen) atoms. The molecule has 0 spiro atoms. The fourth-order valence-corrected chi connectivity index (χ4v) is 3.87. The summed E-state index contributed by atoms with van der Waals surface area (Å²) < 4.78 is 33.8. The van der Waals surface area contributed by atoms with Gasteiger partial charge in [-0.15, -0.1) is 0 Å². The van der Waals surface area contributed by atoms with E-state index in [0.29, 0.717) is 34.5 Å². The third-order valence-electron chi connectivity index (χ3n) is 5.32. The van der Waals surface area contributed by atoms with Gasteiger partial charge in [0.1, 0.15) is 0 Å². The van der Waals surface area contributed by atoms with Gasteiger partial charge in [0, 0.05) is 17.0 Å². The van der Waals surface area contributed by atoms with E-state index in [2.05, 4.69) is 6.92 Å². The molecule has 0 radical (unpaired) electrons. The smallest absolute Gasteiger partial charge is 0.203 e. The Kier molecular flexibility index (Phi) is 8.96. The molecule has 2 aromatic carbocycles. The SMILES string of the molecule is CCCCCC(c1ccc(OC)c(OC)c1OC)c1ccc(OC)c(OC)c1OC. The van der Waals surface area contributed by atoms with Gasteiger partial charge in [0.15, 0.2) is 23.0 Å². The Balaban J connectivity index is 2.72. The molecule has 2 rings (SSSR count). The summed E-state index contributed by atoms with van der Waals surface area (Å²) in [6.07, 6.45) is 4.27. The van der Waals surface area contributed by atoms with Crippen LogP contribution in [-0.2, 0) is 0 Å². The van der Waals surface area contributed by atoms with Crippen molar-refractivity contribution in [3.63, 3.8) is 0 Å². The topological polar surface area (TPSA) is 55.4 Å². The molecule has 0 N–H and O–H groups in total. The van der Waals surface area contributed by atoms with Crippen molar-refractivity contribution in [3.05, 3.63) is 35.4 Å². The van der Waals surface area contributed by atoms with Crippen molar-refractivity contribution in [1.29, 1.82) is 0 Å². The van der Waals surface area contributed by atoms with Crippen molar-refractivity contribution in [2.45, 2.75) is 38.5 Å². The Hall–Kier alpha value is -2.76. The van der Waals surface area contributed by atoms with Gasteiger partial charge in [-0.05, 0) is 18.6 Å². The first-order chi connectivity index (χ1) is 14.6. The minimum atomic E-state index is 0.0149. The van der Waals surface area contributed by atoms with Crippen LogP contribution in [0.4, 0.5) is 0 Å². The average molecular weight is 419 g/mol. The number of ether oxygens (including phenoxy) is 6. The van der Waals surface area contributed by atoms with E-state index in [0.717, 1.165) is 36.8 Å². The molecule has 0 aliphatic rings. The quantitative estimate of drug-likeness (QED) is 0.427. The monoisotopic (exact) mass is 418 g/mol. The molecule has 0 saturated heterocycles. The zero-order chi connectivity index (χ0) is 22.1. The third-order valence-corrected chi connectivity index (χ3v) is 5.32. The molecule has 0 aliphatic carbocycles. The van der Waals surface area contributed by atoms with Crippen LogP contribution < -0.4 is 28.4 Å². The maximum atomic E-state index is 5.79. The summed E-state index contributed by atoms with van der Waals surface area (Å²) in [5.74, 6) is 3.76. The summed E-state index contributed by atoms with van der Waals surface area (Å²) in [4.78, 5) is 0. The lowest BCUT2D eigenvalue weighted by molar-refractivity contribution is 0.317. The Morgan fingerprint density at radius 2 is 1.00 bits per heavy atom. The maximum absolute atomic E-state index is 5.79. The first-order valence-electron chi connectivity index (χ1n) is 10.2. The molecular weight excluding hydrogens is 384 g/mol. The van der Waals surface area contributed by atoms with Gasteiger partial charge in [0.2, 0.25) is 11.5 Å². The molecule has 0 atom stereocenters. The number of hydrogen-bond acceptors (Lipinski definition) is 6. The first kappa shape index (κ1) is 23.5. The van der Waals surface area contributed by atoms with Gasteiger partial charge < -0.3 is 28.4 Å². The van der Waals surface area contributed by atoms with Gasteiger partial charge >= 0.3 is 0 Å². The van der Waals surface area contributed by atoms with Crippen LogP contribution in [0.3, 0.4) is 0 Å². The molecule has 0 bridgehead atoms. The number of methoxy groups -OCH3 is 6. The summed E-state index contributed by atoms with van der Waals surface area (Å²) in [5.41, 5.74) is 2.02. The lowest BCUT2D eigenvalue weighted by Crippen LogP contribution is -2.09. The second-order valence-electron chi connectivity index (χ2n) is 6.90. The zero-order valence-electron chi connectivity index (χ0n) is 19.2. The van der Waals surface area contributed by atoms with E-state index in [4.69, 9.17) is 28.4 Å². The number of rotatable bonds is 12. The Morgan fingerprint density at radius 3 is 1.33 bits per heavy atom. The molecule has 0 aromatic heterocycles. The standard InChI is InChI=1S/C24H34O6/c1-8-9-10-11-16(17-12-14-19(25-2)23(29-6)21(17)27-4)18-13-15-20(26-3)24(30-7)22(18)28-5/h12-16H,8-11H2,1-7H3. The first-order valence-corrected chi connectivity index (χ1v) is 10.2. The molecule has 6 nitrogen and oxygen atoms in total. The van der Waals surface area contributed by atoms with E-state index in [9.17, 15) is 0 Å². The Morgan fingerprint density at radius 1 is 0.567 bits per heavy atom. The van der Waals surface area contributed by atoms with Gasteiger partial charge in [-0.3, -0.25) is 0 Å². The van der Waals surface area contributed by atoms with Crippen molar-refractivity contribution >= 4 is 0 Å². The van der Waals surface area contributed by atoms with E-state index in [1.54, 1.807) is 42.7 Å². The number of hydrogen-bond donors (Lipinski definition) is 0. The Labute approximate surface area is 180 Å². The van der Waals surface area contributed by atoms with E-state index in [1.165, 1.54) is 0 Å². The fourth-order valence-electron chi connectivity index (χ4n) is 3.87. The Bertz CT molecular complexity index is 754. The van der Waals surface area contributed by atoms with E-state index in [1.807, 2.05) is 24.3 Å². The normalized spacial score (nSPS) is 10.7. The molecule has 0 unspecified atom stereocenters. The van der Waals surface area contributed by atoms with Crippen molar-refractivity contribution in [2.75, 3.05) is 42.7 Å². The summed E-state index contributed by atoms with van der Waals surface area (Å²) in [7, 11) is 9.77. The molecule has 6 heteroatoms. The highest BCUT2D eigenvalue weighted by molar-refractivity contribution is 5.62. The number of unbranched alkanes of at least 4 members (excludes halogenated alkanes) is 2. The van der Waals surface area contributed by atoms with Gasteiger partial charge in [-0.1, -0.05) is 38.3 Å². The summed E-state index contributed by atoms with van der Waals surface area (Å²) in [5, 5.41) is 0. The molecule has 0 amide bonds. The van der Waals surface area contributed by atoms with E-state index >= 15 is 0 Å². The second-order valence-corrected chi connectivity index (χ2v) is 6.90. The highest BCUT2D eigenvalue weighted by Gasteiger charge is 2.28. The highest BCUT2D eigenvalue weighted by Crippen LogP contribution is 2.50. The minimum absolute atomic E-state index is 0.0149. The number of benzene rings is 2. The van der Waals surface area contributed by atoms with Gasteiger partial charge in [0.25, 0.3) is 0 Å². The van der Waals surface area contributed by atoms with Gasteiger partial charge in [0.05, 0.1) is 42.7 Å². The summed E-state index contributed by atoms with van der Waals surface area (Å²) in [6, 6.07) is 7.90. The van der Waals surface area contributed by atoms with Crippen molar-refractivity contribution in [3.8, 4) is 34.5 Å². The van der Waals surface area contributed by atoms with Crippen LogP contribution in [0.25, 0.3) is 0 Å². The van der Waals surface area contributed by atoms with E-state index in [-0.39, 0.29) is 5.92 Å². The molecule has 0 aliphatic heterocycles. The molecule has 166 valence electrons. The largest absolute Gasteiger partial charge is 0.493 e. The fraction of sp³-hybridized carbons (Fsp3) is 0.500. The molecule has 0 saturated carbocycles. The van der Waals surface area contributed by atoms with Crippen molar-refractivity contribution < 1.29 is 28.4 Å². The predicted molar refractivity (Wildman–Crippen MR) is 118 cm³/mol. The molecule has 2 aromatic rings. The van der Waals surface area contributed by atoms with Crippen LogP contribution >= 0.6 is 0 Å². The van der Waals surface area contributed by atoms with Crippen LogP contribution in [0.15, 0.2) is 24.3 Å². The van der Waals surface area contributed by atoms with Crippen LogP contribution in [0.2, 0.25) is 0 Å². The molecule has 0 fully saturated rings. The van der Waals surface area contributed by atoms with E-state index < -0.39 is 0 Å². The van der Waals surface area contributed by atoms with Gasteiger partial charge in [-0.25, -0.2) is 0 Å². The minimum Gasteiger partial charge on any atom is -0.493 e. The summed E-state index contributed by atoms with van der Waals surface area (Å²) in [6.45, 7) is 2.20. The third kappa shape index (κ3) is 4.69. The van der Waals surface area contributed by atoms with Crippen LogP contribution in [-0.4, -0.2) is 42.7 Å². The molecular formula is C24H34O6. The zero-order valence-corrected chi connectivity index (χ0v) is 19.2.